The van der Waals surface area contributed by atoms with Crippen LogP contribution in [-0.2, 0) is 17.8 Å². The number of aromatic nitrogens is 1. The molecule has 2 aromatic rings. The molecule has 3 amide bonds. The standard InChI is InChI=1S/C19H24N4O2/c1-22(13-11-17-10-6-7-12-20-17)18(24)14-21-19(25)23(2)15-16-8-4-3-5-9-16/h3-10,12H,11,13-15H2,1-2H3,(H,21,25). The van der Waals surface area contributed by atoms with Gasteiger partial charge in [0.2, 0.25) is 5.91 Å². The van der Waals surface area contributed by atoms with E-state index in [1.165, 1.54) is 0 Å². The van der Waals surface area contributed by atoms with Gasteiger partial charge in [-0.2, -0.15) is 0 Å². The fraction of sp³-hybridized carbons (Fsp3) is 0.316. The zero-order valence-corrected chi connectivity index (χ0v) is 14.7. The summed E-state index contributed by atoms with van der Waals surface area (Å²) in [4.78, 5) is 31.6. The molecule has 1 aromatic heterocycles. The molecular weight excluding hydrogens is 316 g/mol. The van der Waals surface area contributed by atoms with Crippen molar-refractivity contribution in [3.8, 4) is 0 Å². The minimum absolute atomic E-state index is 0.0172. The zero-order chi connectivity index (χ0) is 18.1. The van der Waals surface area contributed by atoms with Crippen molar-refractivity contribution < 1.29 is 9.59 Å². The molecule has 0 bridgehead atoms. The lowest BCUT2D eigenvalue weighted by atomic mass is 10.2. The number of pyridine rings is 1. The van der Waals surface area contributed by atoms with Gasteiger partial charge in [-0.25, -0.2) is 4.79 Å². The molecule has 0 spiro atoms. The van der Waals surface area contributed by atoms with E-state index in [4.69, 9.17) is 0 Å². The number of carbonyl (C=O) groups excluding carboxylic acids is 2. The molecule has 132 valence electrons. The largest absolute Gasteiger partial charge is 0.344 e. The lowest BCUT2D eigenvalue weighted by Crippen LogP contribution is -2.43. The number of hydrogen-bond acceptors (Lipinski definition) is 3. The summed E-state index contributed by atoms with van der Waals surface area (Å²) in [5.74, 6) is -0.127. The van der Waals surface area contributed by atoms with Crippen molar-refractivity contribution in [1.29, 1.82) is 0 Å². The predicted octanol–water partition coefficient (Wildman–Crippen LogP) is 1.92. The van der Waals surface area contributed by atoms with E-state index in [1.54, 1.807) is 30.1 Å². The first-order valence-electron chi connectivity index (χ1n) is 8.23. The molecular formula is C19H24N4O2. The van der Waals surface area contributed by atoms with Gasteiger partial charge in [-0.05, 0) is 17.7 Å². The van der Waals surface area contributed by atoms with Gasteiger partial charge in [-0.15, -0.1) is 0 Å². The summed E-state index contributed by atoms with van der Waals surface area (Å²) < 4.78 is 0. The Labute approximate surface area is 148 Å². The van der Waals surface area contributed by atoms with Crippen molar-refractivity contribution in [3.63, 3.8) is 0 Å². The van der Waals surface area contributed by atoms with E-state index >= 15 is 0 Å². The van der Waals surface area contributed by atoms with Gasteiger partial charge in [0.1, 0.15) is 0 Å². The molecule has 0 aliphatic carbocycles. The summed E-state index contributed by atoms with van der Waals surface area (Å²) in [6.07, 6.45) is 2.42. The van der Waals surface area contributed by atoms with Gasteiger partial charge in [-0.1, -0.05) is 36.4 Å². The Balaban J connectivity index is 1.71. The third-order valence-electron chi connectivity index (χ3n) is 3.86. The van der Waals surface area contributed by atoms with Crippen LogP contribution >= 0.6 is 0 Å². The molecule has 6 heteroatoms. The Morgan fingerprint density at radius 2 is 1.72 bits per heavy atom. The first-order valence-corrected chi connectivity index (χ1v) is 8.23. The normalized spacial score (nSPS) is 10.2. The van der Waals surface area contributed by atoms with Crippen LogP contribution in [0.3, 0.4) is 0 Å². The highest BCUT2D eigenvalue weighted by molar-refractivity contribution is 5.83. The fourth-order valence-electron chi connectivity index (χ4n) is 2.30. The highest BCUT2D eigenvalue weighted by atomic mass is 16.2. The summed E-state index contributed by atoms with van der Waals surface area (Å²) >= 11 is 0. The van der Waals surface area contributed by atoms with Crippen LogP contribution in [0.5, 0.6) is 0 Å². The number of likely N-dealkylation sites (N-methyl/N-ethyl adjacent to an activating group) is 1. The number of nitrogens with one attached hydrogen (secondary N) is 1. The van der Waals surface area contributed by atoms with E-state index in [9.17, 15) is 9.59 Å². The van der Waals surface area contributed by atoms with Gasteiger partial charge in [0.15, 0.2) is 0 Å². The van der Waals surface area contributed by atoms with Crippen LogP contribution in [0.2, 0.25) is 0 Å². The number of rotatable bonds is 7. The van der Waals surface area contributed by atoms with E-state index in [0.29, 0.717) is 19.5 Å². The van der Waals surface area contributed by atoms with Crippen molar-refractivity contribution in [1.82, 2.24) is 20.1 Å². The van der Waals surface area contributed by atoms with E-state index in [-0.39, 0.29) is 18.5 Å². The second kappa shape index (κ2) is 9.42. The van der Waals surface area contributed by atoms with E-state index in [2.05, 4.69) is 10.3 Å². The minimum atomic E-state index is -0.268. The smallest absolute Gasteiger partial charge is 0.317 e. The molecule has 0 atom stereocenters. The third-order valence-corrected chi connectivity index (χ3v) is 3.86. The van der Waals surface area contributed by atoms with Gasteiger partial charge in [0.25, 0.3) is 0 Å². The zero-order valence-electron chi connectivity index (χ0n) is 14.7. The Hall–Kier alpha value is -2.89. The van der Waals surface area contributed by atoms with Crippen LogP contribution in [0.4, 0.5) is 4.79 Å². The number of benzene rings is 1. The van der Waals surface area contributed by atoms with Gasteiger partial charge in [-0.3, -0.25) is 9.78 Å². The maximum Gasteiger partial charge on any atom is 0.317 e. The number of carbonyl (C=O) groups is 2. The summed E-state index contributed by atoms with van der Waals surface area (Å²) in [6, 6.07) is 15.2. The topological polar surface area (TPSA) is 65.5 Å². The first-order chi connectivity index (χ1) is 12.1. The van der Waals surface area contributed by atoms with E-state index in [0.717, 1.165) is 11.3 Å². The Morgan fingerprint density at radius 1 is 1.00 bits per heavy atom. The average Bonchev–Trinajstić information content (AvgIpc) is 2.65. The number of nitrogens with zero attached hydrogens (tertiary/aromatic N) is 3. The van der Waals surface area contributed by atoms with Gasteiger partial charge in [0, 0.05) is 45.5 Å². The monoisotopic (exact) mass is 340 g/mol. The summed E-state index contributed by atoms with van der Waals surface area (Å²) in [5, 5.41) is 2.66. The molecule has 1 heterocycles. The molecule has 2 rings (SSSR count). The number of urea groups is 1. The van der Waals surface area contributed by atoms with Crippen LogP contribution in [0.1, 0.15) is 11.3 Å². The second-order valence-electron chi connectivity index (χ2n) is 5.89. The maximum absolute atomic E-state index is 12.1. The van der Waals surface area contributed by atoms with E-state index in [1.807, 2.05) is 48.5 Å². The molecule has 0 saturated carbocycles. The molecule has 0 aliphatic rings. The van der Waals surface area contributed by atoms with Crippen LogP contribution in [0, 0.1) is 0 Å². The molecule has 0 aliphatic heterocycles. The first kappa shape index (κ1) is 18.4. The van der Waals surface area contributed by atoms with Crippen molar-refractivity contribution >= 4 is 11.9 Å². The Bertz CT molecular complexity index is 676. The summed E-state index contributed by atoms with van der Waals surface area (Å²) in [6.45, 7) is 1.04. The predicted molar refractivity (Wildman–Crippen MR) is 96.9 cm³/mol. The van der Waals surface area contributed by atoms with Gasteiger partial charge >= 0.3 is 6.03 Å². The Morgan fingerprint density at radius 3 is 2.40 bits per heavy atom. The molecule has 6 nitrogen and oxygen atoms in total. The van der Waals surface area contributed by atoms with Crippen molar-refractivity contribution in [2.45, 2.75) is 13.0 Å². The lowest BCUT2D eigenvalue weighted by molar-refractivity contribution is -0.128. The van der Waals surface area contributed by atoms with Crippen LogP contribution in [-0.4, -0.2) is 53.9 Å². The molecule has 0 saturated heterocycles. The molecule has 0 unspecified atom stereocenters. The third kappa shape index (κ3) is 6.25. The second-order valence-corrected chi connectivity index (χ2v) is 5.89. The molecule has 25 heavy (non-hydrogen) atoms. The number of amides is 3. The van der Waals surface area contributed by atoms with Crippen LogP contribution < -0.4 is 5.32 Å². The Kier molecular flexibility index (Phi) is 6.95. The average molecular weight is 340 g/mol. The highest BCUT2D eigenvalue weighted by Gasteiger charge is 2.13. The quantitative estimate of drug-likeness (QED) is 0.837. The van der Waals surface area contributed by atoms with Crippen molar-refractivity contribution in [2.75, 3.05) is 27.2 Å². The molecule has 0 fully saturated rings. The van der Waals surface area contributed by atoms with Gasteiger partial charge in [0.05, 0.1) is 6.54 Å². The number of hydrogen-bond donors (Lipinski definition) is 1. The maximum atomic E-state index is 12.1. The fourth-order valence-corrected chi connectivity index (χ4v) is 2.30. The van der Waals surface area contributed by atoms with Crippen molar-refractivity contribution in [2.24, 2.45) is 0 Å². The summed E-state index contributed by atoms with van der Waals surface area (Å²) in [7, 11) is 3.43. The van der Waals surface area contributed by atoms with Gasteiger partial charge < -0.3 is 15.1 Å². The van der Waals surface area contributed by atoms with E-state index < -0.39 is 0 Å². The highest BCUT2D eigenvalue weighted by Crippen LogP contribution is 2.02. The molecule has 1 aromatic carbocycles. The molecule has 1 N–H and O–H groups in total. The van der Waals surface area contributed by atoms with Crippen molar-refractivity contribution in [3.05, 3.63) is 66.0 Å². The molecule has 0 radical (unpaired) electrons. The van der Waals surface area contributed by atoms with Crippen LogP contribution in [0.15, 0.2) is 54.7 Å². The van der Waals surface area contributed by atoms with Crippen LogP contribution in [0.25, 0.3) is 0 Å². The lowest BCUT2D eigenvalue weighted by Gasteiger charge is -2.20. The summed E-state index contributed by atoms with van der Waals surface area (Å²) in [5.41, 5.74) is 1.98. The SMILES string of the molecule is CN(CCc1ccccn1)C(=O)CNC(=O)N(C)Cc1ccccc1. The minimum Gasteiger partial charge on any atom is -0.344 e.